The molecule has 0 unspecified atom stereocenters. The van der Waals surface area contributed by atoms with Crippen LogP contribution in [-0.2, 0) is 14.3 Å². The first kappa shape index (κ1) is 18.1. The van der Waals surface area contributed by atoms with Gasteiger partial charge in [-0.3, -0.25) is 14.5 Å². The van der Waals surface area contributed by atoms with E-state index >= 15 is 0 Å². The fourth-order valence-corrected chi connectivity index (χ4v) is 3.06. The van der Waals surface area contributed by atoms with Gasteiger partial charge in [0.15, 0.2) is 0 Å². The van der Waals surface area contributed by atoms with Gasteiger partial charge in [0.25, 0.3) is 11.1 Å². The molecule has 0 aromatic heterocycles. The molecule has 7 heteroatoms. The minimum absolute atomic E-state index is 0.0761. The van der Waals surface area contributed by atoms with E-state index in [1.54, 1.807) is 30.3 Å². The SMILES string of the molecule is COC(=O)[C@H](C)N1C(=O)S/C(=C/c2ccc(OC(C)C)cc2)C1=O. The van der Waals surface area contributed by atoms with E-state index in [2.05, 4.69) is 4.74 Å². The zero-order chi connectivity index (χ0) is 17.9. The molecule has 1 aromatic carbocycles. The number of rotatable bonds is 5. The van der Waals surface area contributed by atoms with Gasteiger partial charge in [0, 0.05) is 0 Å². The Balaban J connectivity index is 2.18. The highest BCUT2D eigenvalue weighted by molar-refractivity contribution is 8.18. The van der Waals surface area contributed by atoms with E-state index in [1.165, 1.54) is 14.0 Å². The number of carbonyl (C=O) groups is 3. The second-order valence-corrected chi connectivity index (χ2v) is 6.48. The van der Waals surface area contributed by atoms with Crippen molar-refractivity contribution in [2.45, 2.75) is 32.9 Å². The van der Waals surface area contributed by atoms with Crippen LogP contribution in [0, 0.1) is 0 Å². The van der Waals surface area contributed by atoms with Crippen LogP contribution in [0.3, 0.4) is 0 Å². The second kappa shape index (κ2) is 7.53. The summed E-state index contributed by atoms with van der Waals surface area (Å²) in [5.74, 6) is -0.395. The first-order valence-corrected chi connectivity index (χ1v) is 8.26. The van der Waals surface area contributed by atoms with Crippen molar-refractivity contribution in [1.29, 1.82) is 0 Å². The molecule has 1 heterocycles. The lowest BCUT2D eigenvalue weighted by molar-refractivity contribution is -0.148. The van der Waals surface area contributed by atoms with E-state index in [-0.39, 0.29) is 11.0 Å². The van der Waals surface area contributed by atoms with E-state index in [9.17, 15) is 14.4 Å². The molecule has 0 aliphatic carbocycles. The number of nitrogens with zero attached hydrogens (tertiary/aromatic N) is 1. The number of thioether (sulfide) groups is 1. The van der Waals surface area contributed by atoms with Crippen molar-refractivity contribution in [1.82, 2.24) is 4.90 Å². The number of imide groups is 1. The van der Waals surface area contributed by atoms with E-state index in [1.807, 2.05) is 13.8 Å². The van der Waals surface area contributed by atoms with Crippen molar-refractivity contribution >= 4 is 35.0 Å². The van der Waals surface area contributed by atoms with Gasteiger partial charge in [-0.05, 0) is 56.3 Å². The molecule has 24 heavy (non-hydrogen) atoms. The highest BCUT2D eigenvalue weighted by Crippen LogP contribution is 2.34. The molecule has 0 spiro atoms. The number of methoxy groups -OCH3 is 1. The van der Waals surface area contributed by atoms with E-state index in [0.717, 1.165) is 28.0 Å². The van der Waals surface area contributed by atoms with Crippen LogP contribution >= 0.6 is 11.8 Å². The molecule has 1 fully saturated rings. The number of hydrogen-bond acceptors (Lipinski definition) is 6. The summed E-state index contributed by atoms with van der Waals surface area (Å²) in [6.07, 6.45) is 1.70. The van der Waals surface area contributed by atoms with Gasteiger partial charge in [0.05, 0.1) is 18.1 Å². The first-order chi connectivity index (χ1) is 11.3. The molecule has 6 nitrogen and oxygen atoms in total. The number of ether oxygens (including phenoxy) is 2. The standard InChI is InChI=1S/C17H19NO5S/c1-10(2)23-13-7-5-12(6-8-13)9-14-15(19)18(17(21)24-14)11(3)16(20)22-4/h5-11H,1-4H3/b14-9+/t11-/m0/s1. The lowest BCUT2D eigenvalue weighted by atomic mass is 10.2. The number of esters is 1. The Labute approximate surface area is 144 Å². The number of carbonyl (C=O) groups excluding carboxylic acids is 3. The molecule has 1 aromatic rings. The van der Waals surface area contributed by atoms with Gasteiger partial charge >= 0.3 is 5.97 Å². The Morgan fingerprint density at radius 1 is 1.17 bits per heavy atom. The summed E-state index contributed by atoms with van der Waals surface area (Å²) < 4.78 is 10.1. The molecule has 0 N–H and O–H groups in total. The zero-order valence-electron chi connectivity index (χ0n) is 13.9. The lowest BCUT2D eigenvalue weighted by Gasteiger charge is -2.18. The summed E-state index contributed by atoms with van der Waals surface area (Å²) >= 11 is 0.807. The molecule has 128 valence electrons. The Morgan fingerprint density at radius 2 is 1.79 bits per heavy atom. The summed E-state index contributed by atoms with van der Waals surface area (Å²) in [5.41, 5.74) is 0.766. The Kier molecular flexibility index (Phi) is 5.66. The molecule has 1 aliphatic rings. The van der Waals surface area contributed by atoms with Gasteiger partial charge in [0.1, 0.15) is 11.8 Å². The normalized spacial score (nSPS) is 17.5. The Morgan fingerprint density at radius 3 is 2.33 bits per heavy atom. The molecule has 1 atom stereocenters. The molecular weight excluding hydrogens is 330 g/mol. The van der Waals surface area contributed by atoms with Crippen molar-refractivity contribution in [3.8, 4) is 5.75 Å². The molecule has 2 amide bonds. The van der Waals surface area contributed by atoms with Crippen LogP contribution in [0.1, 0.15) is 26.3 Å². The third-order valence-corrected chi connectivity index (χ3v) is 4.19. The van der Waals surface area contributed by atoms with Crippen molar-refractivity contribution in [2.24, 2.45) is 0 Å². The maximum atomic E-state index is 12.4. The molecule has 1 aliphatic heterocycles. The molecule has 1 saturated heterocycles. The fraction of sp³-hybridized carbons (Fsp3) is 0.353. The van der Waals surface area contributed by atoms with Gasteiger partial charge in [-0.25, -0.2) is 4.79 Å². The largest absolute Gasteiger partial charge is 0.491 e. The molecular formula is C17H19NO5S. The minimum Gasteiger partial charge on any atom is -0.491 e. The summed E-state index contributed by atoms with van der Waals surface area (Å²) in [4.78, 5) is 37.2. The minimum atomic E-state index is -0.949. The Hall–Kier alpha value is -2.28. The van der Waals surface area contributed by atoms with Crippen LogP contribution in [0.25, 0.3) is 6.08 Å². The topological polar surface area (TPSA) is 72.9 Å². The quantitative estimate of drug-likeness (QED) is 0.601. The summed E-state index contributed by atoms with van der Waals surface area (Å²) in [6, 6.07) is 6.25. The van der Waals surface area contributed by atoms with Crippen LogP contribution in [0.5, 0.6) is 5.75 Å². The fourth-order valence-electron chi connectivity index (χ4n) is 2.16. The van der Waals surface area contributed by atoms with Crippen molar-refractivity contribution in [2.75, 3.05) is 7.11 Å². The second-order valence-electron chi connectivity index (χ2n) is 5.49. The van der Waals surface area contributed by atoms with Crippen LogP contribution in [-0.4, -0.2) is 41.3 Å². The highest BCUT2D eigenvalue weighted by Gasteiger charge is 2.41. The van der Waals surface area contributed by atoms with Gasteiger partial charge in [-0.1, -0.05) is 12.1 Å². The van der Waals surface area contributed by atoms with Gasteiger partial charge in [-0.2, -0.15) is 0 Å². The highest BCUT2D eigenvalue weighted by atomic mass is 32.2. The van der Waals surface area contributed by atoms with Crippen molar-refractivity contribution in [3.05, 3.63) is 34.7 Å². The number of hydrogen-bond donors (Lipinski definition) is 0. The van der Waals surface area contributed by atoms with E-state index < -0.39 is 23.2 Å². The van der Waals surface area contributed by atoms with E-state index in [4.69, 9.17) is 4.74 Å². The first-order valence-electron chi connectivity index (χ1n) is 7.45. The zero-order valence-corrected chi connectivity index (χ0v) is 14.8. The molecule has 0 saturated carbocycles. The summed E-state index contributed by atoms with van der Waals surface area (Å²) in [7, 11) is 1.22. The molecule has 0 bridgehead atoms. The molecule has 0 radical (unpaired) electrons. The van der Waals surface area contributed by atoms with Gasteiger partial charge < -0.3 is 9.47 Å². The molecule has 2 rings (SSSR count). The van der Waals surface area contributed by atoms with Gasteiger partial charge in [-0.15, -0.1) is 0 Å². The average molecular weight is 349 g/mol. The van der Waals surface area contributed by atoms with Crippen LogP contribution in [0.2, 0.25) is 0 Å². The summed E-state index contributed by atoms with van der Waals surface area (Å²) in [5, 5.41) is -0.482. The van der Waals surface area contributed by atoms with Crippen LogP contribution in [0.15, 0.2) is 29.2 Å². The van der Waals surface area contributed by atoms with Crippen molar-refractivity contribution in [3.63, 3.8) is 0 Å². The third-order valence-electron chi connectivity index (χ3n) is 3.30. The third kappa shape index (κ3) is 3.97. The smallest absolute Gasteiger partial charge is 0.328 e. The maximum absolute atomic E-state index is 12.4. The number of benzene rings is 1. The Bertz CT molecular complexity index is 681. The van der Waals surface area contributed by atoms with E-state index in [0.29, 0.717) is 0 Å². The van der Waals surface area contributed by atoms with Crippen molar-refractivity contribution < 1.29 is 23.9 Å². The van der Waals surface area contributed by atoms with Gasteiger partial charge in [0.2, 0.25) is 0 Å². The van der Waals surface area contributed by atoms with Crippen LogP contribution < -0.4 is 4.74 Å². The summed E-state index contributed by atoms with van der Waals surface area (Å²) in [6.45, 7) is 5.34. The lowest BCUT2D eigenvalue weighted by Crippen LogP contribution is -2.42. The predicted octanol–water partition coefficient (Wildman–Crippen LogP) is 3.07. The monoisotopic (exact) mass is 349 g/mol. The predicted molar refractivity (Wildman–Crippen MR) is 91.5 cm³/mol. The average Bonchev–Trinajstić information content (AvgIpc) is 2.81. The maximum Gasteiger partial charge on any atom is 0.328 e. The number of amides is 2. The van der Waals surface area contributed by atoms with Crippen LogP contribution in [0.4, 0.5) is 4.79 Å².